The van der Waals surface area contributed by atoms with Gasteiger partial charge in [-0.25, -0.2) is 5.43 Å². The number of hydrogen-bond acceptors (Lipinski definition) is 5. The summed E-state index contributed by atoms with van der Waals surface area (Å²) in [7, 11) is 0. The summed E-state index contributed by atoms with van der Waals surface area (Å²) in [5.74, 6) is -2.18. The minimum atomic E-state index is -0.967. The fourth-order valence-electron chi connectivity index (χ4n) is 1.49. The molecule has 0 saturated carbocycles. The van der Waals surface area contributed by atoms with Gasteiger partial charge in [0.1, 0.15) is 0 Å². The second kappa shape index (κ2) is 9.70. The maximum atomic E-state index is 11.8. The number of hydrogen-bond donors (Lipinski definition) is 4. The Kier molecular flexibility index (Phi) is 7.92. The number of carbonyl (C=O) groups excluding carboxylic acids is 3. The molecular formula is C14H17BrN4O4. The van der Waals surface area contributed by atoms with Crippen molar-refractivity contribution in [2.24, 2.45) is 5.10 Å². The predicted molar refractivity (Wildman–Crippen MR) is 88.7 cm³/mol. The van der Waals surface area contributed by atoms with E-state index in [1.54, 1.807) is 25.1 Å². The van der Waals surface area contributed by atoms with Gasteiger partial charge in [-0.3, -0.25) is 14.4 Å². The largest absolute Gasteiger partial charge is 0.395 e. The molecule has 1 rings (SSSR count). The molecule has 23 heavy (non-hydrogen) atoms. The second-order valence-electron chi connectivity index (χ2n) is 4.50. The van der Waals surface area contributed by atoms with Gasteiger partial charge in [0.2, 0.25) is 5.91 Å². The fraction of sp³-hybridized carbons (Fsp3) is 0.286. The van der Waals surface area contributed by atoms with Crippen LogP contribution in [0.1, 0.15) is 13.3 Å². The summed E-state index contributed by atoms with van der Waals surface area (Å²) in [5.41, 5.74) is 3.00. The zero-order chi connectivity index (χ0) is 17.2. The number of nitrogens with zero attached hydrogens (tertiary/aromatic N) is 1. The van der Waals surface area contributed by atoms with Crippen molar-refractivity contribution in [3.8, 4) is 0 Å². The van der Waals surface area contributed by atoms with Gasteiger partial charge in [0.25, 0.3) is 0 Å². The van der Waals surface area contributed by atoms with E-state index in [4.69, 9.17) is 5.11 Å². The Hall–Kier alpha value is -2.26. The van der Waals surface area contributed by atoms with E-state index in [1.165, 1.54) is 0 Å². The first-order valence-corrected chi connectivity index (χ1v) is 7.49. The van der Waals surface area contributed by atoms with Crippen LogP contribution in [0.4, 0.5) is 5.69 Å². The zero-order valence-electron chi connectivity index (χ0n) is 12.4. The van der Waals surface area contributed by atoms with Gasteiger partial charge < -0.3 is 15.7 Å². The van der Waals surface area contributed by atoms with Crippen molar-refractivity contribution >= 4 is 45.1 Å². The summed E-state index contributed by atoms with van der Waals surface area (Å²) in [4.78, 5) is 34.4. The molecule has 124 valence electrons. The average molecular weight is 385 g/mol. The molecule has 0 aliphatic rings. The van der Waals surface area contributed by atoms with Gasteiger partial charge in [0.15, 0.2) is 0 Å². The van der Waals surface area contributed by atoms with Gasteiger partial charge in [-0.1, -0.05) is 22.0 Å². The van der Waals surface area contributed by atoms with Crippen LogP contribution in [-0.4, -0.2) is 41.7 Å². The zero-order valence-corrected chi connectivity index (χ0v) is 14.0. The Morgan fingerprint density at radius 3 is 2.65 bits per heavy atom. The molecule has 0 aromatic heterocycles. The van der Waals surface area contributed by atoms with Gasteiger partial charge in [0, 0.05) is 22.4 Å². The molecule has 0 unspecified atom stereocenters. The van der Waals surface area contributed by atoms with E-state index in [2.05, 4.69) is 31.7 Å². The lowest BCUT2D eigenvalue weighted by Gasteiger charge is -2.06. The molecule has 0 radical (unpaired) electrons. The van der Waals surface area contributed by atoms with Crippen molar-refractivity contribution in [2.45, 2.75) is 13.3 Å². The number of halogens is 1. The molecule has 0 heterocycles. The fourth-order valence-corrected chi connectivity index (χ4v) is 1.89. The highest BCUT2D eigenvalue weighted by Gasteiger charge is 2.12. The number of aliphatic hydroxyl groups excluding tert-OH is 1. The van der Waals surface area contributed by atoms with Crippen molar-refractivity contribution in [2.75, 3.05) is 18.5 Å². The molecule has 1 aromatic carbocycles. The molecule has 0 fully saturated rings. The summed E-state index contributed by atoms with van der Waals surface area (Å²) in [6.07, 6.45) is -0.0367. The van der Waals surface area contributed by atoms with Crippen LogP contribution in [0, 0.1) is 0 Å². The van der Waals surface area contributed by atoms with Crippen LogP contribution in [0.2, 0.25) is 0 Å². The van der Waals surface area contributed by atoms with Crippen molar-refractivity contribution in [3.63, 3.8) is 0 Å². The lowest BCUT2D eigenvalue weighted by molar-refractivity contribution is -0.139. The number of carbonyl (C=O) groups is 3. The van der Waals surface area contributed by atoms with Gasteiger partial charge in [0.05, 0.1) is 13.0 Å². The smallest absolute Gasteiger partial charge is 0.329 e. The first-order chi connectivity index (χ1) is 10.9. The number of amides is 3. The van der Waals surface area contributed by atoms with Gasteiger partial charge in [-0.05, 0) is 25.1 Å². The molecule has 0 aliphatic carbocycles. The predicted octanol–water partition coefficient (Wildman–Crippen LogP) is 0.378. The van der Waals surface area contributed by atoms with E-state index in [1.807, 2.05) is 11.5 Å². The van der Waals surface area contributed by atoms with Crippen LogP contribution in [-0.2, 0) is 14.4 Å². The molecule has 0 saturated heterocycles. The Morgan fingerprint density at radius 1 is 1.26 bits per heavy atom. The van der Waals surface area contributed by atoms with Crippen molar-refractivity contribution in [3.05, 3.63) is 28.7 Å². The first-order valence-electron chi connectivity index (χ1n) is 6.70. The first kappa shape index (κ1) is 18.8. The molecule has 0 bridgehead atoms. The standard InChI is InChI=1S/C14H17BrN4O4/c1-9(18-19-14(23)13(22)16-5-6-20)7-12(21)17-11-4-2-3-10(15)8-11/h2-4,8,20H,5-7H2,1H3,(H,16,22)(H,17,21)(H,19,23). The van der Waals surface area contributed by atoms with Crippen molar-refractivity contribution < 1.29 is 19.5 Å². The molecule has 0 spiro atoms. The Balaban J connectivity index is 2.45. The van der Waals surface area contributed by atoms with Crippen LogP contribution in [0.15, 0.2) is 33.8 Å². The number of aliphatic hydroxyl groups is 1. The van der Waals surface area contributed by atoms with Crippen molar-refractivity contribution in [1.82, 2.24) is 10.7 Å². The minimum Gasteiger partial charge on any atom is -0.395 e. The number of rotatable bonds is 6. The Morgan fingerprint density at radius 2 is 2.00 bits per heavy atom. The molecule has 9 heteroatoms. The van der Waals surface area contributed by atoms with Gasteiger partial charge in [-0.15, -0.1) is 0 Å². The lowest BCUT2D eigenvalue weighted by atomic mass is 10.2. The van der Waals surface area contributed by atoms with E-state index >= 15 is 0 Å². The SMILES string of the molecule is CC(CC(=O)Nc1cccc(Br)c1)=NNC(=O)C(=O)NCCO. The summed E-state index contributed by atoms with van der Waals surface area (Å²) in [5, 5.41) is 17.1. The maximum absolute atomic E-state index is 11.8. The molecule has 3 amide bonds. The van der Waals surface area contributed by atoms with Crippen LogP contribution in [0.3, 0.4) is 0 Å². The summed E-state index contributed by atoms with van der Waals surface area (Å²) in [6, 6.07) is 7.10. The third kappa shape index (κ3) is 7.52. The Bertz CT molecular complexity index is 619. The lowest BCUT2D eigenvalue weighted by Crippen LogP contribution is -2.39. The Labute approximate surface area is 141 Å². The minimum absolute atomic E-state index is 0.0238. The molecular weight excluding hydrogens is 368 g/mol. The number of benzene rings is 1. The van der Waals surface area contributed by atoms with Crippen LogP contribution < -0.4 is 16.1 Å². The monoisotopic (exact) mass is 384 g/mol. The summed E-state index contributed by atoms with van der Waals surface area (Å²) >= 11 is 3.30. The third-order valence-electron chi connectivity index (χ3n) is 2.48. The van der Waals surface area contributed by atoms with Crippen LogP contribution in [0.5, 0.6) is 0 Å². The summed E-state index contributed by atoms with van der Waals surface area (Å²) in [6.45, 7) is 1.26. The normalized spacial score (nSPS) is 10.8. The quantitative estimate of drug-likeness (QED) is 0.321. The topological polar surface area (TPSA) is 120 Å². The van der Waals surface area contributed by atoms with Crippen LogP contribution >= 0.6 is 15.9 Å². The molecule has 0 atom stereocenters. The van der Waals surface area contributed by atoms with E-state index in [0.717, 1.165) is 4.47 Å². The van der Waals surface area contributed by atoms with E-state index < -0.39 is 11.8 Å². The molecule has 4 N–H and O–H groups in total. The molecule has 1 aromatic rings. The highest BCUT2D eigenvalue weighted by Crippen LogP contribution is 2.15. The maximum Gasteiger partial charge on any atom is 0.329 e. The van der Waals surface area contributed by atoms with Gasteiger partial charge in [-0.2, -0.15) is 5.10 Å². The third-order valence-corrected chi connectivity index (χ3v) is 2.97. The second-order valence-corrected chi connectivity index (χ2v) is 5.42. The van der Waals surface area contributed by atoms with E-state index in [0.29, 0.717) is 11.4 Å². The highest BCUT2D eigenvalue weighted by molar-refractivity contribution is 9.10. The summed E-state index contributed by atoms with van der Waals surface area (Å²) < 4.78 is 0.835. The highest BCUT2D eigenvalue weighted by atomic mass is 79.9. The van der Waals surface area contributed by atoms with Gasteiger partial charge >= 0.3 is 11.8 Å². The molecule has 0 aliphatic heterocycles. The van der Waals surface area contributed by atoms with E-state index in [9.17, 15) is 14.4 Å². The average Bonchev–Trinajstić information content (AvgIpc) is 2.50. The number of hydrazone groups is 1. The van der Waals surface area contributed by atoms with E-state index in [-0.39, 0.29) is 25.5 Å². The van der Waals surface area contributed by atoms with Crippen LogP contribution in [0.25, 0.3) is 0 Å². The van der Waals surface area contributed by atoms with Crippen molar-refractivity contribution in [1.29, 1.82) is 0 Å². The molecule has 8 nitrogen and oxygen atoms in total. The number of nitrogens with one attached hydrogen (secondary N) is 3. The number of anilines is 1.